The summed E-state index contributed by atoms with van der Waals surface area (Å²) in [5.41, 5.74) is 8.35. The first-order chi connectivity index (χ1) is 12.6. The van der Waals surface area contributed by atoms with Crippen LogP contribution >= 0.6 is 0 Å². The molecule has 0 radical (unpaired) electrons. The predicted octanol–water partition coefficient (Wildman–Crippen LogP) is 3.59. The van der Waals surface area contributed by atoms with E-state index in [-0.39, 0.29) is 11.9 Å². The van der Waals surface area contributed by atoms with E-state index < -0.39 is 0 Å². The summed E-state index contributed by atoms with van der Waals surface area (Å²) in [6.07, 6.45) is 9.76. The third-order valence-corrected chi connectivity index (χ3v) is 3.89. The average Bonchev–Trinajstić information content (AvgIpc) is 2.64. The van der Waals surface area contributed by atoms with Gasteiger partial charge in [-0.3, -0.25) is 4.99 Å². The van der Waals surface area contributed by atoms with Crippen LogP contribution in [0.2, 0.25) is 0 Å². The zero-order chi connectivity index (χ0) is 18.9. The van der Waals surface area contributed by atoms with Crippen LogP contribution in [-0.4, -0.2) is 29.3 Å². The van der Waals surface area contributed by atoms with Crippen LogP contribution in [0, 0.1) is 12.3 Å². The molecule has 0 aliphatic carbocycles. The highest BCUT2D eigenvalue weighted by Crippen LogP contribution is 2.27. The highest BCUT2D eigenvalue weighted by molar-refractivity contribution is 5.69. The number of rotatable bonds is 8. The topological polar surface area (TPSA) is 85.4 Å². The first-order valence-corrected chi connectivity index (χ1v) is 8.63. The van der Waals surface area contributed by atoms with Gasteiger partial charge < -0.3 is 15.8 Å². The third kappa shape index (κ3) is 4.96. The van der Waals surface area contributed by atoms with Crippen molar-refractivity contribution in [2.75, 3.05) is 18.2 Å². The van der Waals surface area contributed by atoms with Crippen LogP contribution in [0.1, 0.15) is 38.2 Å². The molecule has 0 fully saturated rings. The van der Waals surface area contributed by atoms with E-state index in [1.54, 1.807) is 13.3 Å². The van der Waals surface area contributed by atoms with Gasteiger partial charge in [0.25, 0.3) is 0 Å². The van der Waals surface area contributed by atoms with E-state index in [2.05, 4.69) is 33.1 Å². The van der Waals surface area contributed by atoms with Crippen molar-refractivity contribution in [2.45, 2.75) is 39.2 Å². The number of hydrogen-bond acceptors (Lipinski definition) is 6. The van der Waals surface area contributed by atoms with Gasteiger partial charge in [-0.15, -0.1) is 6.42 Å². The summed E-state index contributed by atoms with van der Waals surface area (Å²) in [5, 5.41) is 3.54. The first-order valence-electron chi connectivity index (χ1n) is 8.63. The number of nitrogens with one attached hydrogen (secondary N) is 1. The van der Waals surface area contributed by atoms with Crippen LogP contribution in [0.4, 0.5) is 17.2 Å². The summed E-state index contributed by atoms with van der Waals surface area (Å²) in [7, 11) is 1.66. The molecule has 6 nitrogen and oxygen atoms in total. The summed E-state index contributed by atoms with van der Waals surface area (Å²) >= 11 is 0. The molecule has 6 heteroatoms. The number of nitrogens with two attached hydrogens (primary N) is 1. The van der Waals surface area contributed by atoms with Gasteiger partial charge in [-0.2, -0.15) is 0 Å². The van der Waals surface area contributed by atoms with Crippen molar-refractivity contribution >= 4 is 23.4 Å². The molecule has 0 spiro atoms. The van der Waals surface area contributed by atoms with E-state index in [0.29, 0.717) is 17.9 Å². The molecule has 3 N–H and O–H groups in total. The standard InChI is InChI=1S/C20H25N5O/c1-5-9-14(23-15-10-8-11-16(12-15)26-4)13-17-19(22-7-3)20(21)25-18(6-2)24-17/h2,7-8,10-12,14,23H,5,9,13H2,1,3-4H3,(H2,21,24,25). The molecule has 0 amide bonds. The number of benzene rings is 1. The zero-order valence-electron chi connectivity index (χ0n) is 15.5. The number of aromatic nitrogens is 2. The lowest BCUT2D eigenvalue weighted by molar-refractivity contribution is 0.415. The number of terminal acetylenes is 1. The van der Waals surface area contributed by atoms with E-state index in [0.717, 1.165) is 30.0 Å². The maximum Gasteiger partial charge on any atom is 0.206 e. The molecule has 2 aromatic rings. The maximum atomic E-state index is 6.03. The fourth-order valence-corrected chi connectivity index (χ4v) is 2.75. The van der Waals surface area contributed by atoms with Crippen LogP contribution in [-0.2, 0) is 6.42 Å². The van der Waals surface area contributed by atoms with Crippen molar-refractivity contribution in [1.82, 2.24) is 9.97 Å². The molecule has 1 aromatic carbocycles. The van der Waals surface area contributed by atoms with Crippen LogP contribution < -0.4 is 15.8 Å². The summed E-state index contributed by atoms with van der Waals surface area (Å²) < 4.78 is 5.29. The van der Waals surface area contributed by atoms with Crippen LogP contribution in [0.25, 0.3) is 0 Å². The lowest BCUT2D eigenvalue weighted by Crippen LogP contribution is -2.23. The fraction of sp³-hybridized carbons (Fsp3) is 0.350. The van der Waals surface area contributed by atoms with Crippen LogP contribution in [0.5, 0.6) is 5.75 Å². The van der Waals surface area contributed by atoms with E-state index in [4.69, 9.17) is 16.9 Å². The Morgan fingerprint density at radius 3 is 2.88 bits per heavy atom. The SMILES string of the molecule is C#Cc1nc(N)c(N=CC)c(CC(CCC)Nc2cccc(OC)c2)n1. The van der Waals surface area contributed by atoms with Gasteiger partial charge in [0.2, 0.25) is 5.82 Å². The lowest BCUT2D eigenvalue weighted by Gasteiger charge is -2.20. The highest BCUT2D eigenvalue weighted by atomic mass is 16.5. The molecule has 1 unspecified atom stereocenters. The number of aliphatic imine (C=N–C) groups is 1. The van der Waals surface area contributed by atoms with E-state index in [9.17, 15) is 0 Å². The number of hydrogen-bond donors (Lipinski definition) is 2. The van der Waals surface area contributed by atoms with Gasteiger partial charge in [0.05, 0.1) is 12.8 Å². The van der Waals surface area contributed by atoms with E-state index >= 15 is 0 Å². The van der Waals surface area contributed by atoms with Gasteiger partial charge in [0.15, 0.2) is 5.82 Å². The zero-order valence-corrected chi connectivity index (χ0v) is 15.5. The molecular formula is C20H25N5O. The summed E-state index contributed by atoms with van der Waals surface area (Å²) in [4.78, 5) is 12.9. The van der Waals surface area contributed by atoms with Crippen molar-refractivity contribution in [1.29, 1.82) is 0 Å². The molecule has 2 rings (SSSR count). The molecule has 0 saturated heterocycles. The monoisotopic (exact) mass is 351 g/mol. The summed E-state index contributed by atoms with van der Waals surface area (Å²) in [6, 6.07) is 8.00. The number of anilines is 2. The molecule has 1 atom stereocenters. The Labute approximate surface area is 154 Å². The van der Waals surface area contributed by atoms with Gasteiger partial charge in [-0.05, 0) is 31.4 Å². The van der Waals surface area contributed by atoms with Crippen molar-refractivity contribution in [3.8, 4) is 18.1 Å². The minimum absolute atomic E-state index is 0.151. The summed E-state index contributed by atoms with van der Waals surface area (Å²) in [5.74, 6) is 3.85. The Bertz CT molecular complexity index is 810. The Kier molecular flexibility index (Phi) is 6.98. The predicted molar refractivity (Wildman–Crippen MR) is 107 cm³/mol. The molecule has 1 heterocycles. The number of nitrogen functional groups attached to an aromatic ring is 1. The molecule has 26 heavy (non-hydrogen) atoms. The largest absolute Gasteiger partial charge is 0.497 e. The van der Waals surface area contributed by atoms with Crippen molar-refractivity contribution in [3.63, 3.8) is 0 Å². The van der Waals surface area contributed by atoms with E-state index in [1.165, 1.54) is 0 Å². The number of ether oxygens (including phenoxy) is 1. The minimum atomic E-state index is 0.151. The molecule has 0 saturated carbocycles. The minimum Gasteiger partial charge on any atom is -0.497 e. The van der Waals surface area contributed by atoms with Crippen LogP contribution in [0.15, 0.2) is 29.3 Å². The Morgan fingerprint density at radius 2 is 2.23 bits per heavy atom. The smallest absolute Gasteiger partial charge is 0.206 e. The first kappa shape index (κ1) is 19.3. The second kappa shape index (κ2) is 9.42. The maximum absolute atomic E-state index is 6.03. The normalized spacial score (nSPS) is 11.9. The second-order valence-electron chi connectivity index (χ2n) is 5.83. The summed E-state index contributed by atoms with van der Waals surface area (Å²) in [6.45, 7) is 3.98. The molecule has 0 aliphatic rings. The third-order valence-electron chi connectivity index (χ3n) is 3.89. The molecule has 0 bridgehead atoms. The van der Waals surface area contributed by atoms with E-state index in [1.807, 2.05) is 31.2 Å². The lowest BCUT2D eigenvalue weighted by atomic mass is 10.0. The molecule has 1 aromatic heterocycles. The highest BCUT2D eigenvalue weighted by Gasteiger charge is 2.16. The molecule has 0 aliphatic heterocycles. The molecular weight excluding hydrogens is 326 g/mol. The molecule has 136 valence electrons. The van der Waals surface area contributed by atoms with Crippen molar-refractivity contribution < 1.29 is 4.74 Å². The fourth-order valence-electron chi connectivity index (χ4n) is 2.75. The number of nitrogens with zero attached hydrogens (tertiary/aromatic N) is 3. The number of methoxy groups -OCH3 is 1. The Hall–Kier alpha value is -3.07. The quantitative estimate of drug-likeness (QED) is 0.561. The van der Waals surface area contributed by atoms with Gasteiger partial charge in [-0.25, -0.2) is 9.97 Å². The Morgan fingerprint density at radius 1 is 1.42 bits per heavy atom. The van der Waals surface area contributed by atoms with Crippen molar-refractivity contribution in [2.24, 2.45) is 4.99 Å². The Balaban J connectivity index is 2.31. The van der Waals surface area contributed by atoms with Gasteiger partial charge in [-0.1, -0.05) is 19.4 Å². The second-order valence-corrected chi connectivity index (χ2v) is 5.83. The van der Waals surface area contributed by atoms with Gasteiger partial charge >= 0.3 is 0 Å². The van der Waals surface area contributed by atoms with Crippen molar-refractivity contribution in [3.05, 3.63) is 35.8 Å². The van der Waals surface area contributed by atoms with Crippen LogP contribution in [0.3, 0.4) is 0 Å². The average molecular weight is 351 g/mol. The van der Waals surface area contributed by atoms with Gasteiger partial charge in [0.1, 0.15) is 11.4 Å². The van der Waals surface area contributed by atoms with Gasteiger partial charge in [0, 0.05) is 30.4 Å².